The van der Waals surface area contributed by atoms with Gasteiger partial charge in [-0.25, -0.2) is 13.1 Å². The molecule has 11 heteroatoms. The Hall–Kier alpha value is -1.59. The monoisotopic (exact) mass is 322 g/mol. The minimum Gasteiger partial charge on any atom is -0.481 e. The summed E-state index contributed by atoms with van der Waals surface area (Å²) in [5.74, 6) is -1.38. The number of aliphatic carboxylic acids is 1. The van der Waals surface area contributed by atoms with E-state index in [4.69, 9.17) is 5.11 Å². The van der Waals surface area contributed by atoms with Gasteiger partial charge in [-0.3, -0.25) is 9.59 Å². The molecule has 0 aliphatic carbocycles. The number of rotatable bonds is 7. The summed E-state index contributed by atoms with van der Waals surface area (Å²) in [4.78, 5) is 21.2. The predicted molar refractivity (Wildman–Crippen MR) is 70.9 cm³/mol. The number of carboxylic acid groups (broad SMARTS) is 1. The molecular formula is C9H14N4O5S2. The number of nitrogens with zero attached hydrogens (tertiary/aromatic N) is 2. The second-order valence-corrected chi connectivity index (χ2v) is 6.87. The normalized spacial score (nSPS) is 12.9. The van der Waals surface area contributed by atoms with Gasteiger partial charge in [0.05, 0.1) is 0 Å². The lowest BCUT2D eigenvalue weighted by atomic mass is 10.2. The Bertz CT molecular complexity index is 597. The molecule has 0 aromatic carbocycles. The Labute approximate surface area is 119 Å². The molecule has 0 fully saturated rings. The van der Waals surface area contributed by atoms with E-state index in [-0.39, 0.29) is 28.2 Å². The molecule has 0 spiro atoms. The molecule has 0 radical (unpaired) electrons. The number of aromatic nitrogens is 2. The molecule has 0 aliphatic heterocycles. The fourth-order valence-corrected chi connectivity index (χ4v) is 3.47. The quantitative estimate of drug-likeness (QED) is 0.602. The molecular weight excluding hydrogens is 308 g/mol. The fraction of sp³-hybridized carbons (Fsp3) is 0.556. The average molecular weight is 322 g/mol. The zero-order valence-corrected chi connectivity index (χ0v) is 12.4. The first-order valence-corrected chi connectivity index (χ1v) is 7.86. The van der Waals surface area contributed by atoms with E-state index in [1.54, 1.807) is 6.92 Å². The third-order valence-corrected chi connectivity index (χ3v) is 4.86. The molecule has 3 N–H and O–H groups in total. The van der Waals surface area contributed by atoms with Crippen LogP contribution in [0.25, 0.3) is 0 Å². The lowest BCUT2D eigenvalue weighted by Crippen LogP contribution is -2.32. The van der Waals surface area contributed by atoms with Crippen molar-refractivity contribution in [2.24, 2.45) is 0 Å². The molecule has 112 valence electrons. The van der Waals surface area contributed by atoms with Crippen LogP contribution in [0.1, 0.15) is 26.7 Å². The summed E-state index contributed by atoms with van der Waals surface area (Å²) in [5, 5.41) is 17.9. The summed E-state index contributed by atoms with van der Waals surface area (Å²) < 4.78 is 25.9. The first-order valence-electron chi connectivity index (χ1n) is 5.56. The maximum Gasteiger partial charge on any atom is 0.303 e. The van der Waals surface area contributed by atoms with Gasteiger partial charge in [0.25, 0.3) is 10.0 Å². The van der Waals surface area contributed by atoms with Gasteiger partial charge in [-0.1, -0.05) is 11.3 Å². The molecule has 1 amide bonds. The van der Waals surface area contributed by atoms with Crippen molar-refractivity contribution in [3.8, 4) is 0 Å². The van der Waals surface area contributed by atoms with Crippen LogP contribution >= 0.6 is 11.3 Å². The molecule has 0 saturated heterocycles. The summed E-state index contributed by atoms with van der Waals surface area (Å²) in [6.07, 6.45) is 0.0167. The van der Waals surface area contributed by atoms with E-state index in [2.05, 4.69) is 20.2 Å². The van der Waals surface area contributed by atoms with Crippen molar-refractivity contribution in [1.29, 1.82) is 0 Å². The number of amides is 1. The lowest BCUT2D eigenvalue weighted by Gasteiger charge is -2.10. The molecule has 20 heavy (non-hydrogen) atoms. The maximum absolute atomic E-state index is 11.9. The smallest absolute Gasteiger partial charge is 0.303 e. The van der Waals surface area contributed by atoms with Crippen molar-refractivity contribution in [3.05, 3.63) is 0 Å². The van der Waals surface area contributed by atoms with Crippen LogP contribution in [0.4, 0.5) is 5.13 Å². The van der Waals surface area contributed by atoms with Crippen LogP contribution in [0.5, 0.6) is 0 Å². The minimum absolute atomic E-state index is 0.0797. The number of nitrogens with one attached hydrogen (secondary N) is 2. The van der Waals surface area contributed by atoms with Gasteiger partial charge in [0.15, 0.2) is 0 Å². The number of sulfonamides is 1. The van der Waals surface area contributed by atoms with Gasteiger partial charge in [0, 0.05) is 19.4 Å². The topological polar surface area (TPSA) is 138 Å². The summed E-state index contributed by atoms with van der Waals surface area (Å²) in [5.41, 5.74) is 0. The number of hydrogen-bond acceptors (Lipinski definition) is 7. The van der Waals surface area contributed by atoms with Crippen molar-refractivity contribution in [1.82, 2.24) is 14.9 Å². The van der Waals surface area contributed by atoms with E-state index in [9.17, 15) is 18.0 Å². The van der Waals surface area contributed by atoms with Crippen LogP contribution in [-0.2, 0) is 19.6 Å². The third kappa shape index (κ3) is 5.19. The second kappa shape index (κ2) is 6.72. The molecule has 0 saturated carbocycles. The summed E-state index contributed by atoms with van der Waals surface area (Å²) in [6, 6.07) is -0.552. The van der Waals surface area contributed by atoms with Crippen molar-refractivity contribution in [2.45, 2.75) is 37.1 Å². The van der Waals surface area contributed by atoms with Gasteiger partial charge in [0.1, 0.15) is 0 Å². The Morgan fingerprint density at radius 1 is 1.40 bits per heavy atom. The summed E-state index contributed by atoms with van der Waals surface area (Å²) >= 11 is 0.714. The highest BCUT2D eigenvalue weighted by molar-refractivity contribution is 7.91. The van der Waals surface area contributed by atoms with E-state index < -0.39 is 22.0 Å². The number of carbonyl (C=O) groups is 2. The fourth-order valence-electron chi connectivity index (χ4n) is 1.23. The SMILES string of the molecule is CC(=O)Nc1nnc(S(=O)(=O)NC(C)CCC(=O)O)s1. The van der Waals surface area contributed by atoms with E-state index in [1.165, 1.54) is 6.92 Å². The van der Waals surface area contributed by atoms with Crippen molar-refractivity contribution < 1.29 is 23.1 Å². The van der Waals surface area contributed by atoms with Gasteiger partial charge >= 0.3 is 5.97 Å². The standard InChI is InChI=1S/C9H14N4O5S2/c1-5(3-4-7(15)16)13-20(17,18)9-12-11-8(19-9)10-6(2)14/h5,13H,3-4H2,1-2H3,(H,15,16)(H,10,11,14). The highest BCUT2D eigenvalue weighted by Crippen LogP contribution is 2.20. The second-order valence-electron chi connectivity index (χ2n) is 4.01. The lowest BCUT2D eigenvalue weighted by molar-refractivity contribution is -0.137. The van der Waals surface area contributed by atoms with Gasteiger partial charge in [-0.05, 0) is 13.3 Å². The zero-order chi connectivity index (χ0) is 15.3. The Balaban J connectivity index is 2.70. The molecule has 1 unspecified atom stereocenters. The minimum atomic E-state index is -3.87. The average Bonchev–Trinajstić information content (AvgIpc) is 2.74. The van der Waals surface area contributed by atoms with Gasteiger partial charge in [0.2, 0.25) is 15.4 Å². The molecule has 1 aromatic rings. The van der Waals surface area contributed by atoms with E-state index in [0.29, 0.717) is 11.3 Å². The number of carbonyl (C=O) groups excluding carboxylic acids is 1. The largest absolute Gasteiger partial charge is 0.481 e. The number of carboxylic acids is 1. The van der Waals surface area contributed by atoms with Crippen LogP contribution in [0.3, 0.4) is 0 Å². The van der Waals surface area contributed by atoms with Gasteiger partial charge in [-0.2, -0.15) is 0 Å². The van der Waals surface area contributed by atoms with E-state index >= 15 is 0 Å². The predicted octanol–water partition coefficient (Wildman–Crippen LogP) is 0.0281. The zero-order valence-electron chi connectivity index (χ0n) is 10.8. The highest BCUT2D eigenvalue weighted by Gasteiger charge is 2.23. The molecule has 9 nitrogen and oxygen atoms in total. The van der Waals surface area contributed by atoms with E-state index in [1.807, 2.05) is 0 Å². The molecule has 1 aromatic heterocycles. The molecule has 1 heterocycles. The molecule has 1 rings (SSSR count). The summed E-state index contributed by atoms with van der Waals surface area (Å²) in [7, 11) is -3.87. The van der Waals surface area contributed by atoms with Gasteiger partial charge in [-0.15, -0.1) is 10.2 Å². The summed E-state index contributed by atoms with van der Waals surface area (Å²) in [6.45, 7) is 2.82. The van der Waals surface area contributed by atoms with Gasteiger partial charge < -0.3 is 10.4 Å². The molecule has 1 atom stereocenters. The molecule has 0 aliphatic rings. The van der Waals surface area contributed by atoms with Crippen LogP contribution in [0.2, 0.25) is 0 Å². The van der Waals surface area contributed by atoms with Crippen molar-refractivity contribution >= 4 is 38.4 Å². The third-order valence-electron chi connectivity index (χ3n) is 2.07. The number of hydrogen-bond donors (Lipinski definition) is 3. The number of anilines is 1. The maximum atomic E-state index is 11.9. The van der Waals surface area contributed by atoms with Crippen LogP contribution < -0.4 is 10.0 Å². The Morgan fingerprint density at radius 3 is 2.60 bits per heavy atom. The molecule has 0 bridgehead atoms. The van der Waals surface area contributed by atoms with Crippen LogP contribution in [-0.4, -0.2) is 41.6 Å². The van der Waals surface area contributed by atoms with Crippen LogP contribution in [0.15, 0.2) is 4.34 Å². The first-order chi connectivity index (χ1) is 9.20. The van der Waals surface area contributed by atoms with E-state index in [0.717, 1.165) is 0 Å². The van der Waals surface area contributed by atoms with Crippen molar-refractivity contribution in [2.75, 3.05) is 5.32 Å². The van der Waals surface area contributed by atoms with Crippen molar-refractivity contribution in [3.63, 3.8) is 0 Å². The highest BCUT2D eigenvalue weighted by atomic mass is 32.2. The Morgan fingerprint density at radius 2 is 2.05 bits per heavy atom. The Kier molecular flexibility index (Phi) is 5.53. The first kappa shape index (κ1) is 16.5. The van der Waals surface area contributed by atoms with Crippen LogP contribution in [0, 0.1) is 0 Å².